The molecule has 1 atom stereocenters. The van der Waals surface area contributed by atoms with Crippen LogP contribution in [-0.4, -0.2) is 44.7 Å². The summed E-state index contributed by atoms with van der Waals surface area (Å²) in [5.74, 6) is 1.01. The average Bonchev–Trinajstić information content (AvgIpc) is 3.10. The zero-order valence-electron chi connectivity index (χ0n) is 14.9. The maximum absolute atomic E-state index is 6.01. The third-order valence-corrected chi connectivity index (χ3v) is 4.62. The van der Waals surface area contributed by atoms with Crippen molar-refractivity contribution in [2.45, 2.75) is 26.5 Å². The molecule has 0 bridgehead atoms. The molecule has 0 radical (unpaired) electrons. The highest BCUT2D eigenvalue weighted by Crippen LogP contribution is 2.29. The minimum Gasteiger partial charge on any atom is -0.369 e. The van der Waals surface area contributed by atoms with E-state index in [2.05, 4.69) is 56.2 Å². The van der Waals surface area contributed by atoms with E-state index in [1.807, 2.05) is 0 Å². The fourth-order valence-electron chi connectivity index (χ4n) is 3.22. The van der Waals surface area contributed by atoms with Crippen molar-refractivity contribution in [1.82, 2.24) is 25.0 Å². The van der Waals surface area contributed by atoms with E-state index in [-0.39, 0.29) is 6.10 Å². The van der Waals surface area contributed by atoms with Crippen molar-refractivity contribution < 1.29 is 9.26 Å². The van der Waals surface area contributed by atoms with E-state index in [0.717, 1.165) is 30.9 Å². The van der Waals surface area contributed by atoms with E-state index >= 15 is 0 Å². The van der Waals surface area contributed by atoms with Crippen molar-refractivity contribution in [3.63, 3.8) is 0 Å². The highest BCUT2D eigenvalue weighted by Gasteiger charge is 2.27. The van der Waals surface area contributed by atoms with Gasteiger partial charge in [0.05, 0.1) is 17.9 Å². The molecule has 0 aliphatic carbocycles. The second kappa shape index (κ2) is 7.31. The van der Waals surface area contributed by atoms with Gasteiger partial charge in [-0.15, -0.1) is 0 Å². The summed E-state index contributed by atoms with van der Waals surface area (Å²) in [5.41, 5.74) is 4.20. The lowest BCUT2D eigenvalue weighted by atomic mass is 10.1. The van der Waals surface area contributed by atoms with Gasteiger partial charge in [0.1, 0.15) is 12.4 Å². The highest BCUT2D eigenvalue weighted by molar-refractivity contribution is 5.56. The van der Waals surface area contributed by atoms with E-state index in [0.29, 0.717) is 18.3 Å². The second-order valence-electron chi connectivity index (χ2n) is 6.48. The topological polar surface area (TPSA) is 77.2 Å². The number of aryl methyl sites for hydroxylation is 2. The van der Waals surface area contributed by atoms with E-state index in [1.165, 1.54) is 17.5 Å². The summed E-state index contributed by atoms with van der Waals surface area (Å²) < 4.78 is 11.1. The van der Waals surface area contributed by atoms with Gasteiger partial charge in [-0.2, -0.15) is 4.98 Å². The van der Waals surface area contributed by atoms with Gasteiger partial charge in [0, 0.05) is 32.8 Å². The van der Waals surface area contributed by atoms with Crippen molar-refractivity contribution in [3.8, 4) is 11.4 Å². The molecule has 7 heteroatoms. The first-order valence-electron chi connectivity index (χ1n) is 8.70. The molecule has 1 aliphatic heterocycles. The second-order valence-corrected chi connectivity index (χ2v) is 6.48. The van der Waals surface area contributed by atoms with Crippen LogP contribution in [0.5, 0.6) is 0 Å². The normalized spacial score (nSPS) is 18.2. The predicted octanol–water partition coefficient (Wildman–Crippen LogP) is 2.72. The largest absolute Gasteiger partial charge is 0.369 e. The van der Waals surface area contributed by atoms with Gasteiger partial charge < -0.3 is 9.26 Å². The lowest BCUT2D eigenvalue weighted by molar-refractivity contribution is -0.0348. The van der Waals surface area contributed by atoms with Gasteiger partial charge in [0.25, 0.3) is 0 Å². The van der Waals surface area contributed by atoms with E-state index in [1.54, 1.807) is 13.1 Å². The summed E-state index contributed by atoms with van der Waals surface area (Å²) >= 11 is 0. The molecule has 0 spiro atoms. The van der Waals surface area contributed by atoms with Gasteiger partial charge in [-0.25, -0.2) is 9.97 Å². The molecule has 2 aromatic heterocycles. The number of morpholine rings is 1. The zero-order valence-corrected chi connectivity index (χ0v) is 14.9. The fraction of sp³-hybridized carbons (Fsp3) is 0.368. The van der Waals surface area contributed by atoms with Gasteiger partial charge in [0.15, 0.2) is 0 Å². The first-order valence-corrected chi connectivity index (χ1v) is 8.70. The van der Waals surface area contributed by atoms with Gasteiger partial charge >= 0.3 is 0 Å². The van der Waals surface area contributed by atoms with Crippen molar-refractivity contribution in [3.05, 3.63) is 59.5 Å². The molecule has 0 N–H and O–H groups in total. The number of rotatable bonds is 4. The Bertz CT molecular complexity index is 895. The van der Waals surface area contributed by atoms with Crippen molar-refractivity contribution in [2.75, 3.05) is 19.7 Å². The molecule has 0 amide bonds. The molecule has 3 heterocycles. The van der Waals surface area contributed by atoms with Crippen molar-refractivity contribution in [1.29, 1.82) is 0 Å². The van der Waals surface area contributed by atoms with Gasteiger partial charge in [-0.05, 0) is 18.1 Å². The monoisotopic (exact) mass is 351 g/mol. The lowest BCUT2D eigenvalue weighted by Crippen LogP contribution is -2.38. The summed E-state index contributed by atoms with van der Waals surface area (Å²) in [4.78, 5) is 15.3. The predicted molar refractivity (Wildman–Crippen MR) is 95.2 cm³/mol. The average molecular weight is 351 g/mol. The molecule has 26 heavy (non-hydrogen) atoms. The minimum atomic E-state index is -0.149. The molecule has 7 nitrogen and oxygen atoms in total. The standard InChI is InChI=1S/C19H21N5O2/c1-13-5-3-4-6-15(13)10-24-7-8-25-17(11-24)18-16(9-20-12-21-18)19-22-14(2)26-23-19/h3-6,9,12,17H,7-8,10-11H2,1-2H3/t17-/m0/s1. The van der Waals surface area contributed by atoms with Crippen LogP contribution in [0, 0.1) is 13.8 Å². The smallest absolute Gasteiger partial charge is 0.223 e. The Hall–Kier alpha value is -2.64. The first kappa shape index (κ1) is 16.8. The minimum absolute atomic E-state index is 0.149. The molecule has 1 fully saturated rings. The summed E-state index contributed by atoms with van der Waals surface area (Å²) in [6.07, 6.45) is 3.11. The highest BCUT2D eigenvalue weighted by atomic mass is 16.5. The summed E-state index contributed by atoms with van der Waals surface area (Å²) in [6.45, 7) is 7.12. The Kier molecular flexibility index (Phi) is 4.73. The molecular weight excluding hydrogens is 330 g/mol. The molecule has 0 saturated carbocycles. The van der Waals surface area contributed by atoms with Crippen molar-refractivity contribution in [2.24, 2.45) is 0 Å². The van der Waals surface area contributed by atoms with Crippen LogP contribution in [0.2, 0.25) is 0 Å². The molecule has 4 rings (SSSR count). The summed E-state index contributed by atoms with van der Waals surface area (Å²) in [5, 5.41) is 4.00. The van der Waals surface area contributed by atoms with Crippen molar-refractivity contribution >= 4 is 0 Å². The number of aromatic nitrogens is 4. The van der Waals surface area contributed by atoms with Crippen LogP contribution >= 0.6 is 0 Å². The summed E-state index contributed by atoms with van der Waals surface area (Å²) in [7, 11) is 0. The lowest BCUT2D eigenvalue weighted by Gasteiger charge is -2.33. The van der Waals surface area contributed by atoms with Gasteiger partial charge in [-0.1, -0.05) is 29.4 Å². The Morgan fingerprint density at radius 3 is 2.92 bits per heavy atom. The molecule has 134 valence electrons. The SMILES string of the molecule is Cc1nc(-c2cncnc2[C@@H]2CN(Cc3ccccc3C)CCO2)no1. The van der Waals surface area contributed by atoms with Crippen LogP contribution in [0.15, 0.2) is 41.3 Å². The van der Waals surface area contributed by atoms with Crippen LogP contribution in [-0.2, 0) is 11.3 Å². The zero-order chi connectivity index (χ0) is 17.9. The first-order chi connectivity index (χ1) is 12.7. The Morgan fingerprint density at radius 1 is 1.23 bits per heavy atom. The molecule has 1 aliphatic rings. The summed E-state index contributed by atoms with van der Waals surface area (Å²) in [6, 6.07) is 8.48. The van der Waals surface area contributed by atoms with Crippen LogP contribution in [0.4, 0.5) is 0 Å². The van der Waals surface area contributed by atoms with Crippen LogP contribution in [0.3, 0.4) is 0 Å². The quantitative estimate of drug-likeness (QED) is 0.715. The van der Waals surface area contributed by atoms with Gasteiger partial charge in [0.2, 0.25) is 11.7 Å². The number of ether oxygens (including phenoxy) is 1. The fourth-order valence-corrected chi connectivity index (χ4v) is 3.22. The molecule has 1 aromatic carbocycles. The third kappa shape index (κ3) is 3.49. The van der Waals surface area contributed by atoms with E-state index in [9.17, 15) is 0 Å². The maximum Gasteiger partial charge on any atom is 0.223 e. The maximum atomic E-state index is 6.01. The Morgan fingerprint density at radius 2 is 2.12 bits per heavy atom. The number of benzene rings is 1. The van der Waals surface area contributed by atoms with Crippen LogP contribution < -0.4 is 0 Å². The molecule has 0 unspecified atom stereocenters. The Labute approximate surface area is 152 Å². The Balaban J connectivity index is 1.56. The molecule has 3 aromatic rings. The van der Waals surface area contributed by atoms with Crippen LogP contribution in [0.1, 0.15) is 28.8 Å². The van der Waals surface area contributed by atoms with E-state index < -0.39 is 0 Å². The number of nitrogens with zero attached hydrogens (tertiary/aromatic N) is 5. The third-order valence-electron chi connectivity index (χ3n) is 4.62. The molecule has 1 saturated heterocycles. The molecular formula is C19H21N5O2. The number of hydrogen-bond donors (Lipinski definition) is 0. The van der Waals surface area contributed by atoms with E-state index in [4.69, 9.17) is 9.26 Å². The number of hydrogen-bond acceptors (Lipinski definition) is 7. The van der Waals surface area contributed by atoms with Crippen LogP contribution in [0.25, 0.3) is 11.4 Å². The van der Waals surface area contributed by atoms with Gasteiger partial charge in [-0.3, -0.25) is 4.90 Å².